The number of amides is 3. The van der Waals surface area contributed by atoms with Gasteiger partial charge in [0.15, 0.2) is 0 Å². The highest BCUT2D eigenvalue weighted by molar-refractivity contribution is 5.94. The number of benzene rings is 1. The maximum atomic E-state index is 14.5. The van der Waals surface area contributed by atoms with Crippen LogP contribution in [0.5, 0.6) is 0 Å². The fraction of sp³-hybridized carbons (Fsp3) is 0.452. The first-order valence-electron chi connectivity index (χ1n) is 14.7. The number of likely N-dealkylation sites (tertiary alicyclic amines) is 1. The predicted octanol–water partition coefficient (Wildman–Crippen LogP) is 4.04. The van der Waals surface area contributed by atoms with Gasteiger partial charge < -0.3 is 25.7 Å². The fourth-order valence-corrected chi connectivity index (χ4v) is 4.88. The third-order valence-electron chi connectivity index (χ3n) is 6.98. The Morgan fingerprint density at radius 2 is 1.91 bits per heavy atom. The van der Waals surface area contributed by atoms with Crippen LogP contribution in [-0.2, 0) is 16.0 Å². The Morgan fingerprint density at radius 3 is 2.64 bits per heavy atom. The Kier molecular flexibility index (Phi) is 10.9. The zero-order chi connectivity index (χ0) is 31.7. The van der Waals surface area contributed by atoms with Gasteiger partial charge in [-0.3, -0.25) is 14.6 Å². The Labute approximate surface area is 255 Å². The van der Waals surface area contributed by atoms with Gasteiger partial charge in [0.05, 0.1) is 23.0 Å². The molecule has 0 bridgehead atoms. The van der Waals surface area contributed by atoms with Crippen LogP contribution in [0.1, 0.15) is 62.4 Å². The molecule has 0 spiro atoms. The number of aromatic nitrogens is 3. The molecule has 0 radical (unpaired) electrons. The highest BCUT2D eigenvalue weighted by atomic mass is 19.1. The van der Waals surface area contributed by atoms with Crippen molar-refractivity contribution in [2.45, 2.75) is 64.5 Å². The van der Waals surface area contributed by atoms with Crippen LogP contribution < -0.4 is 16.1 Å². The average Bonchev–Trinajstić information content (AvgIpc) is 3.59. The van der Waals surface area contributed by atoms with E-state index in [1.165, 1.54) is 29.3 Å². The van der Waals surface area contributed by atoms with Crippen molar-refractivity contribution >= 4 is 17.9 Å². The molecular formula is C31H39F2N7O4. The van der Waals surface area contributed by atoms with Crippen LogP contribution in [0.15, 0.2) is 48.8 Å². The molecule has 1 aliphatic rings. The quantitative estimate of drug-likeness (QED) is 0.264. The molecule has 3 aromatic rings. The number of hydrogen-bond donors (Lipinski definition) is 3. The van der Waals surface area contributed by atoms with Crippen LogP contribution in [0.4, 0.5) is 13.6 Å². The van der Waals surface area contributed by atoms with Gasteiger partial charge in [0, 0.05) is 44.8 Å². The average molecular weight is 612 g/mol. The van der Waals surface area contributed by atoms with Gasteiger partial charge in [0.2, 0.25) is 11.9 Å². The van der Waals surface area contributed by atoms with Gasteiger partial charge in [0.25, 0.3) is 5.91 Å². The Morgan fingerprint density at radius 1 is 1.09 bits per heavy atom. The number of rotatable bonds is 12. The van der Waals surface area contributed by atoms with Gasteiger partial charge >= 0.3 is 6.09 Å². The molecule has 1 saturated heterocycles. The van der Waals surface area contributed by atoms with Crippen LogP contribution >= 0.6 is 0 Å². The Bertz CT molecular complexity index is 1440. The number of halogens is 2. The first kappa shape index (κ1) is 32.4. The summed E-state index contributed by atoms with van der Waals surface area (Å²) < 4.78 is 33.1. The van der Waals surface area contributed by atoms with Crippen molar-refractivity contribution in [3.8, 4) is 11.3 Å². The van der Waals surface area contributed by atoms with E-state index >= 15 is 0 Å². The van der Waals surface area contributed by atoms with E-state index in [2.05, 4.69) is 26.1 Å². The standard InChI is InChI=1S/C31H39F2N7O4/c1-31(2,3)44-30(43)34-14-5-10-27(41)39-16-6-9-24(39)19-36-29(42)22-11-12-26(35-18-22)25-20-40(38-28(25)33)37-15-13-21-7-4-8-23(32)17-21/h4,7-8,11-12,17-18,20,24,37H,5-6,9-10,13-16,19H2,1-3H3,(H,34,43)(H,36,42)/t24-/m1/s1. The lowest BCUT2D eigenvalue weighted by molar-refractivity contribution is -0.132. The molecule has 1 atom stereocenters. The van der Waals surface area contributed by atoms with E-state index in [9.17, 15) is 23.2 Å². The molecule has 3 N–H and O–H groups in total. The second-order valence-corrected chi connectivity index (χ2v) is 11.6. The molecule has 3 amide bonds. The molecule has 2 aromatic heterocycles. The third-order valence-corrected chi connectivity index (χ3v) is 6.98. The molecule has 0 saturated carbocycles. The summed E-state index contributed by atoms with van der Waals surface area (Å²) in [6.45, 7) is 7.00. The van der Waals surface area contributed by atoms with E-state index < -0.39 is 17.6 Å². The van der Waals surface area contributed by atoms with Crippen LogP contribution in [0.3, 0.4) is 0 Å². The molecule has 4 rings (SSSR count). The van der Waals surface area contributed by atoms with Crippen LogP contribution in [-0.4, -0.2) is 75.5 Å². The summed E-state index contributed by atoms with van der Waals surface area (Å²) in [4.78, 5) is 44.6. The molecule has 1 aromatic carbocycles. The van der Waals surface area contributed by atoms with Crippen LogP contribution in [0, 0.1) is 11.8 Å². The summed E-state index contributed by atoms with van der Waals surface area (Å²) in [5.41, 5.74) is 3.95. The number of carbonyl (C=O) groups is 3. The highest BCUT2D eigenvalue weighted by Gasteiger charge is 2.28. The summed E-state index contributed by atoms with van der Waals surface area (Å²) in [5.74, 6) is -1.41. The van der Waals surface area contributed by atoms with Gasteiger partial charge in [-0.2, -0.15) is 9.18 Å². The predicted molar refractivity (Wildman–Crippen MR) is 160 cm³/mol. The van der Waals surface area contributed by atoms with Crippen LogP contribution in [0.2, 0.25) is 0 Å². The summed E-state index contributed by atoms with van der Waals surface area (Å²) in [6, 6.07) is 9.24. The second kappa shape index (κ2) is 14.8. The normalized spacial score (nSPS) is 14.8. The van der Waals surface area contributed by atoms with Gasteiger partial charge in [-0.1, -0.05) is 12.1 Å². The maximum Gasteiger partial charge on any atom is 0.407 e. The van der Waals surface area contributed by atoms with Gasteiger partial charge in [-0.05, 0) is 76.3 Å². The van der Waals surface area contributed by atoms with Crippen molar-refractivity contribution in [1.82, 2.24) is 30.4 Å². The lowest BCUT2D eigenvalue weighted by Gasteiger charge is -2.25. The maximum absolute atomic E-state index is 14.5. The van der Waals surface area contributed by atoms with Crippen molar-refractivity contribution in [3.63, 3.8) is 0 Å². The summed E-state index contributed by atoms with van der Waals surface area (Å²) in [7, 11) is 0. The summed E-state index contributed by atoms with van der Waals surface area (Å²) in [5, 5.41) is 9.35. The van der Waals surface area contributed by atoms with Gasteiger partial charge in [-0.25, -0.2) is 9.18 Å². The third kappa shape index (κ3) is 9.48. The van der Waals surface area contributed by atoms with Crippen molar-refractivity contribution in [2.75, 3.05) is 31.6 Å². The lowest BCUT2D eigenvalue weighted by Crippen LogP contribution is -2.43. The topological polar surface area (TPSA) is 130 Å². The summed E-state index contributed by atoms with van der Waals surface area (Å²) >= 11 is 0. The van der Waals surface area contributed by atoms with E-state index in [1.807, 2.05) is 6.07 Å². The molecule has 44 heavy (non-hydrogen) atoms. The van der Waals surface area contributed by atoms with Crippen molar-refractivity contribution in [2.24, 2.45) is 0 Å². The van der Waals surface area contributed by atoms with E-state index in [-0.39, 0.29) is 35.7 Å². The number of hydrogen-bond acceptors (Lipinski definition) is 7. The largest absolute Gasteiger partial charge is 0.444 e. The molecule has 0 aliphatic carbocycles. The first-order chi connectivity index (χ1) is 21.0. The van der Waals surface area contributed by atoms with E-state index in [0.717, 1.165) is 18.4 Å². The number of nitrogens with one attached hydrogen (secondary N) is 3. The number of alkyl carbamates (subject to hydrolysis) is 1. The molecule has 1 aliphatic heterocycles. The van der Waals surface area contributed by atoms with Gasteiger partial charge in [0.1, 0.15) is 11.4 Å². The summed E-state index contributed by atoms with van der Waals surface area (Å²) in [6.07, 6.45) is 5.22. The number of carbonyl (C=O) groups excluding carboxylic acids is 3. The minimum atomic E-state index is -0.723. The van der Waals surface area contributed by atoms with Gasteiger partial charge in [-0.15, -0.1) is 5.10 Å². The first-order valence-corrected chi connectivity index (χ1v) is 14.7. The van der Waals surface area contributed by atoms with E-state index in [4.69, 9.17) is 4.74 Å². The fourth-order valence-electron chi connectivity index (χ4n) is 4.88. The molecule has 3 heterocycles. The molecule has 1 fully saturated rings. The number of ether oxygens (including phenoxy) is 1. The van der Waals surface area contributed by atoms with Crippen molar-refractivity contribution in [3.05, 3.63) is 71.7 Å². The lowest BCUT2D eigenvalue weighted by atomic mass is 10.1. The molecule has 0 unspecified atom stereocenters. The van der Waals surface area contributed by atoms with Crippen molar-refractivity contribution < 1.29 is 27.9 Å². The molecule has 13 heteroatoms. The zero-order valence-electron chi connectivity index (χ0n) is 25.2. The minimum Gasteiger partial charge on any atom is -0.444 e. The Balaban J connectivity index is 1.22. The monoisotopic (exact) mass is 611 g/mol. The van der Waals surface area contributed by atoms with Crippen molar-refractivity contribution in [1.29, 1.82) is 0 Å². The second-order valence-electron chi connectivity index (χ2n) is 11.6. The van der Waals surface area contributed by atoms with E-state index in [0.29, 0.717) is 50.3 Å². The SMILES string of the molecule is CC(C)(C)OC(=O)NCCCC(=O)N1CCC[C@@H]1CNC(=O)c1ccc(-c2cn(NCCc3cccc(F)c3)nc2F)nc1. The number of nitrogens with zero attached hydrogens (tertiary/aromatic N) is 4. The molecule has 236 valence electrons. The molecular weight excluding hydrogens is 572 g/mol. The number of pyridine rings is 1. The zero-order valence-corrected chi connectivity index (χ0v) is 25.2. The van der Waals surface area contributed by atoms with Crippen LogP contribution in [0.25, 0.3) is 11.3 Å². The highest BCUT2D eigenvalue weighted by Crippen LogP contribution is 2.21. The molecule has 11 nitrogen and oxygen atoms in total. The Hall–Kier alpha value is -4.55. The minimum absolute atomic E-state index is 0.0233. The smallest absolute Gasteiger partial charge is 0.407 e. The van der Waals surface area contributed by atoms with E-state index in [1.54, 1.807) is 43.9 Å².